The lowest BCUT2D eigenvalue weighted by atomic mass is 9.80. The van der Waals surface area contributed by atoms with Crippen LogP contribution in [0.15, 0.2) is 48.5 Å². The topological polar surface area (TPSA) is 43.9 Å². The van der Waals surface area contributed by atoms with Crippen molar-refractivity contribution >= 4 is 29.1 Å². The monoisotopic (exact) mass is 509 g/mol. The van der Waals surface area contributed by atoms with E-state index in [2.05, 4.69) is 21.9 Å². The van der Waals surface area contributed by atoms with Crippen molar-refractivity contribution in [3.63, 3.8) is 0 Å². The number of carbonyl (C=O) groups excluding carboxylic acids is 2. The van der Waals surface area contributed by atoms with Crippen LogP contribution in [0.1, 0.15) is 61.9 Å². The molecule has 0 radical (unpaired) electrons. The van der Waals surface area contributed by atoms with Gasteiger partial charge >= 0.3 is 0 Å². The number of hydrogen-bond acceptors (Lipinski definition) is 3. The second kappa shape index (κ2) is 11.2. The van der Waals surface area contributed by atoms with Gasteiger partial charge in [0.2, 0.25) is 5.91 Å². The summed E-state index contributed by atoms with van der Waals surface area (Å²) in [6.07, 6.45) is 5.82. The van der Waals surface area contributed by atoms with E-state index in [1.165, 1.54) is 19.3 Å². The van der Waals surface area contributed by atoms with Gasteiger partial charge in [0.1, 0.15) is 0 Å². The Morgan fingerprint density at radius 1 is 0.917 bits per heavy atom. The van der Waals surface area contributed by atoms with Gasteiger partial charge in [0.25, 0.3) is 5.91 Å². The van der Waals surface area contributed by atoms with E-state index in [9.17, 15) is 9.59 Å². The van der Waals surface area contributed by atoms with E-state index >= 15 is 0 Å². The molecule has 36 heavy (non-hydrogen) atoms. The summed E-state index contributed by atoms with van der Waals surface area (Å²) in [5, 5.41) is 0.519. The standard InChI is InChI=1S/C30H40ClN3O2/c1-30(2,24-8-6-5-7-9-24)29(36)34-18-14-23(15-19-34)20-22-12-16-33(17-13-22)25-10-11-26(27(31)21-25)28(35)32(3)4/h5-11,21-23H,12-20H2,1-4H3. The molecule has 0 atom stereocenters. The van der Waals surface area contributed by atoms with E-state index in [1.807, 2.05) is 50.2 Å². The van der Waals surface area contributed by atoms with Crippen LogP contribution in [0.3, 0.4) is 0 Å². The van der Waals surface area contributed by atoms with E-state index in [-0.39, 0.29) is 11.8 Å². The molecule has 2 heterocycles. The molecule has 0 bridgehead atoms. The summed E-state index contributed by atoms with van der Waals surface area (Å²) in [5.74, 6) is 1.62. The van der Waals surface area contributed by atoms with Crippen LogP contribution in [0.2, 0.25) is 5.02 Å². The van der Waals surface area contributed by atoms with Crippen LogP contribution in [0, 0.1) is 11.8 Å². The van der Waals surface area contributed by atoms with Crippen molar-refractivity contribution in [1.82, 2.24) is 9.80 Å². The average molecular weight is 510 g/mol. The third-order valence-electron chi connectivity index (χ3n) is 8.17. The van der Waals surface area contributed by atoms with Gasteiger partial charge in [0.15, 0.2) is 0 Å². The number of likely N-dealkylation sites (tertiary alicyclic amines) is 1. The second-order valence-corrected chi connectivity index (χ2v) is 11.7. The molecule has 0 aromatic heterocycles. The maximum atomic E-state index is 13.3. The zero-order valence-corrected chi connectivity index (χ0v) is 22.9. The number of rotatable bonds is 6. The molecule has 2 aromatic carbocycles. The fourth-order valence-electron chi connectivity index (χ4n) is 5.76. The molecule has 2 saturated heterocycles. The van der Waals surface area contributed by atoms with Crippen molar-refractivity contribution in [2.75, 3.05) is 45.2 Å². The van der Waals surface area contributed by atoms with Gasteiger partial charge in [-0.2, -0.15) is 0 Å². The van der Waals surface area contributed by atoms with E-state index in [0.29, 0.717) is 16.5 Å². The van der Waals surface area contributed by atoms with Crippen LogP contribution in [-0.4, -0.2) is 61.9 Å². The molecule has 2 fully saturated rings. The first-order valence-corrected chi connectivity index (χ1v) is 13.7. The summed E-state index contributed by atoms with van der Waals surface area (Å²) in [6.45, 7) is 7.87. The largest absolute Gasteiger partial charge is 0.371 e. The predicted octanol–water partition coefficient (Wildman–Crippen LogP) is 5.86. The lowest BCUT2D eigenvalue weighted by Gasteiger charge is -2.39. The predicted molar refractivity (Wildman–Crippen MR) is 148 cm³/mol. The van der Waals surface area contributed by atoms with Crippen molar-refractivity contribution in [2.45, 2.75) is 51.4 Å². The van der Waals surface area contributed by atoms with Crippen molar-refractivity contribution in [2.24, 2.45) is 11.8 Å². The molecular formula is C30H40ClN3O2. The van der Waals surface area contributed by atoms with Crippen LogP contribution in [-0.2, 0) is 10.2 Å². The summed E-state index contributed by atoms with van der Waals surface area (Å²) < 4.78 is 0. The first-order chi connectivity index (χ1) is 17.2. The van der Waals surface area contributed by atoms with E-state index in [0.717, 1.165) is 56.2 Å². The molecular weight excluding hydrogens is 470 g/mol. The Hall–Kier alpha value is -2.53. The maximum absolute atomic E-state index is 13.3. The minimum atomic E-state index is -0.484. The van der Waals surface area contributed by atoms with E-state index < -0.39 is 5.41 Å². The van der Waals surface area contributed by atoms with E-state index in [4.69, 9.17) is 11.6 Å². The number of benzene rings is 2. The normalized spacial score (nSPS) is 17.8. The summed E-state index contributed by atoms with van der Waals surface area (Å²) in [6, 6.07) is 15.9. The highest BCUT2D eigenvalue weighted by Crippen LogP contribution is 2.34. The molecule has 0 spiro atoms. The Morgan fingerprint density at radius 3 is 2.06 bits per heavy atom. The van der Waals surface area contributed by atoms with Crippen molar-refractivity contribution in [3.8, 4) is 0 Å². The lowest BCUT2D eigenvalue weighted by Crippen LogP contribution is -2.47. The molecule has 0 saturated carbocycles. The van der Waals surface area contributed by atoms with Crippen LogP contribution < -0.4 is 4.90 Å². The number of anilines is 1. The highest BCUT2D eigenvalue weighted by atomic mass is 35.5. The average Bonchev–Trinajstić information content (AvgIpc) is 2.89. The molecule has 6 heteroatoms. The minimum Gasteiger partial charge on any atom is -0.371 e. The smallest absolute Gasteiger partial charge is 0.254 e. The molecule has 194 valence electrons. The first kappa shape index (κ1) is 26.5. The van der Waals surface area contributed by atoms with Gasteiger partial charge in [-0.25, -0.2) is 0 Å². The molecule has 5 nitrogen and oxygen atoms in total. The zero-order valence-electron chi connectivity index (χ0n) is 22.2. The van der Waals surface area contributed by atoms with Gasteiger partial charge in [-0.3, -0.25) is 9.59 Å². The van der Waals surface area contributed by atoms with Crippen LogP contribution in [0.4, 0.5) is 5.69 Å². The minimum absolute atomic E-state index is 0.0679. The number of piperidine rings is 2. The van der Waals surface area contributed by atoms with Crippen molar-refractivity contribution in [3.05, 3.63) is 64.7 Å². The van der Waals surface area contributed by atoms with Gasteiger partial charge in [0, 0.05) is 46.0 Å². The molecule has 2 aromatic rings. The summed E-state index contributed by atoms with van der Waals surface area (Å²) in [5.41, 5.74) is 2.25. The SMILES string of the molecule is CN(C)C(=O)c1ccc(N2CCC(CC3CCN(C(=O)C(C)(C)c4ccccc4)CC3)CC2)cc1Cl. The van der Waals surface area contributed by atoms with Crippen LogP contribution in [0.5, 0.6) is 0 Å². The number of hydrogen-bond donors (Lipinski definition) is 0. The number of carbonyl (C=O) groups is 2. The zero-order chi connectivity index (χ0) is 25.9. The number of halogens is 1. The Balaban J connectivity index is 1.24. The molecule has 0 N–H and O–H groups in total. The first-order valence-electron chi connectivity index (χ1n) is 13.3. The third-order valence-corrected chi connectivity index (χ3v) is 8.48. The Kier molecular flexibility index (Phi) is 8.29. The van der Waals surface area contributed by atoms with Crippen LogP contribution in [0.25, 0.3) is 0 Å². The van der Waals surface area contributed by atoms with E-state index in [1.54, 1.807) is 19.0 Å². The number of amides is 2. The highest BCUT2D eigenvalue weighted by molar-refractivity contribution is 6.34. The molecule has 0 aliphatic carbocycles. The molecule has 2 amide bonds. The van der Waals surface area contributed by atoms with Gasteiger partial charge in [0.05, 0.1) is 16.0 Å². The molecule has 2 aliphatic rings. The molecule has 0 unspecified atom stereocenters. The van der Waals surface area contributed by atoms with Gasteiger partial charge < -0.3 is 14.7 Å². The third kappa shape index (κ3) is 5.88. The second-order valence-electron chi connectivity index (χ2n) is 11.3. The molecule has 4 rings (SSSR count). The summed E-state index contributed by atoms with van der Waals surface area (Å²) in [7, 11) is 3.48. The molecule has 2 aliphatic heterocycles. The van der Waals surface area contributed by atoms with Crippen LogP contribution >= 0.6 is 11.6 Å². The lowest BCUT2D eigenvalue weighted by molar-refractivity contribution is -0.137. The Labute approximate surface area is 221 Å². The highest BCUT2D eigenvalue weighted by Gasteiger charge is 2.36. The van der Waals surface area contributed by atoms with Crippen molar-refractivity contribution < 1.29 is 9.59 Å². The van der Waals surface area contributed by atoms with Crippen molar-refractivity contribution in [1.29, 1.82) is 0 Å². The maximum Gasteiger partial charge on any atom is 0.254 e. The van der Waals surface area contributed by atoms with Gasteiger partial charge in [-0.1, -0.05) is 41.9 Å². The Morgan fingerprint density at radius 2 is 1.50 bits per heavy atom. The fourth-order valence-corrected chi connectivity index (χ4v) is 6.01. The summed E-state index contributed by atoms with van der Waals surface area (Å²) >= 11 is 6.44. The summed E-state index contributed by atoms with van der Waals surface area (Å²) in [4.78, 5) is 31.6. The fraction of sp³-hybridized carbons (Fsp3) is 0.533. The van der Waals surface area contributed by atoms with Gasteiger partial charge in [-0.05, 0) is 81.5 Å². The Bertz CT molecular complexity index is 1050. The van der Waals surface area contributed by atoms with Gasteiger partial charge in [-0.15, -0.1) is 0 Å². The quantitative estimate of drug-likeness (QED) is 0.489. The number of nitrogens with zero attached hydrogens (tertiary/aromatic N) is 3.